The summed E-state index contributed by atoms with van der Waals surface area (Å²) in [6.45, 7) is 1.37. The molecule has 2 rings (SSSR count). The van der Waals surface area contributed by atoms with Gasteiger partial charge in [0.25, 0.3) is 0 Å². The van der Waals surface area contributed by atoms with Crippen LogP contribution in [-0.4, -0.2) is 6.61 Å². The van der Waals surface area contributed by atoms with Crippen molar-refractivity contribution in [1.82, 2.24) is 0 Å². The van der Waals surface area contributed by atoms with E-state index in [0.29, 0.717) is 6.61 Å². The van der Waals surface area contributed by atoms with Crippen LogP contribution in [0, 0.1) is 0 Å². The van der Waals surface area contributed by atoms with Gasteiger partial charge in [0.1, 0.15) is 0 Å². The summed E-state index contributed by atoms with van der Waals surface area (Å²) in [7, 11) is 0. The van der Waals surface area contributed by atoms with Gasteiger partial charge in [0.05, 0.1) is 13.2 Å². The number of rotatable bonds is 5. The zero-order valence-electron chi connectivity index (χ0n) is 9.90. The molecule has 0 N–H and O–H groups in total. The second-order valence-electron chi connectivity index (χ2n) is 3.99. The highest BCUT2D eigenvalue weighted by Gasteiger charge is 2.00. The molecule has 0 radical (unpaired) electrons. The van der Waals surface area contributed by atoms with Crippen molar-refractivity contribution >= 4 is 31.9 Å². The van der Waals surface area contributed by atoms with E-state index in [0.717, 1.165) is 22.0 Å². The number of benzene rings is 2. The lowest BCUT2D eigenvalue weighted by Gasteiger charge is -2.07. The minimum Gasteiger partial charge on any atom is -0.376 e. The lowest BCUT2D eigenvalue weighted by Crippen LogP contribution is -2.00. The molecule has 0 spiro atoms. The van der Waals surface area contributed by atoms with E-state index in [1.165, 1.54) is 11.1 Å². The maximum absolute atomic E-state index is 5.71. The molecular formula is C15H14Br2O. The summed E-state index contributed by atoms with van der Waals surface area (Å²) >= 11 is 7.06. The standard InChI is InChI=1S/C15H14Br2O/c16-14-7-3-1-5-12(14)9-10-18-11-13-6-2-4-8-15(13)17/h1-8H,9-11H2. The molecule has 0 aromatic heterocycles. The topological polar surface area (TPSA) is 9.23 Å². The molecule has 0 aliphatic carbocycles. The first kappa shape index (κ1) is 13.8. The third-order valence-corrected chi connectivity index (χ3v) is 4.24. The fourth-order valence-electron chi connectivity index (χ4n) is 1.68. The molecule has 0 aliphatic heterocycles. The molecule has 18 heavy (non-hydrogen) atoms. The molecule has 94 valence electrons. The highest BCUT2D eigenvalue weighted by atomic mass is 79.9. The summed E-state index contributed by atoms with van der Waals surface area (Å²) in [5.74, 6) is 0. The van der Waals surface area contributed by atoms with Crippen molar-refractivity contribution < 1.29 is 4.74 Å². The third kappa shape index (κ3) is 3.94. The zero-order valence-corrected chi connectivity index (χ0v) is 13.1. The molecule has 0 amide bonds. The first-order valence-corrected chi connectivity index (χ1v) is 7.40. The Hall–Kier alpha value is -0.640. The zero-order chi connectivity index (χ0) is 12.8. The molecule has 0 bridgehead atoms. The number of ether oxygens (including phenoxy) is 1. The molecule has 0 saturated carbocycles. The molecule has 0 atom stereocenters. The lowest BCUT2D eigenvalue weighted by molar-refractivity contribution is 0.123. The van der Waals surface area contributed by atoms with Crippen molar-refractivity contribution in [3.63, 3.8) is 0 Å². The van der Waals surface area contributed by atoms with Crippen LogP contribution in [0.25, 0.3) is 0 Å². The number of halogens is 2. The maximum atomic E-state index is 5.71. The van der Waals surface area contributed by atoms with Crippen molar-refractivity contribution in [2.45, 2.75) is 13.0 Å². The molecular weight excluding hydrogens is 356 g/mol. The van der Waals surface area contributed by atoms with Gasteiger partial charge in [-0.2, -0.15) is 0 Å². The van der Waals surface area contributed by atoms with E-state index in [1.807, 2.05) is 30.3 Å². The summed E-state index contributed by atoms with van der Waals surface area (Å²) in [6.07, 6.45) is 0.922. The van der Waals surface area contributed by atoms with Crippen molar-refractivity contribution in [2.75, 3.05) is 6.61 Å². The van der Waals surface area contributed by atoms with Gasteiger partial charge in [-0.05, 0) is 29.7 Å². The van der Waals surface area contributed by atoms with Gasteiger partial charge in [-0.25, -0.2) is 0 Å². The maximum Gasteiger partial charge on any atom is 0.0727 e. The first-order valence-electron chi connectivity index (χ1n) is 5.82. The average molecular weight is 370 g/mol. The minimum atomic E-state index is 0.645. The van der Waals surface area contributed by atoms with Crippen molar-refractivity contribution in [2.24, 2.45) is 0 Å². The SMILES string of the molecule is Brc1ccccc1CCOCc1ccccc1Br. The summed E-state index contributed by atoms with van der Waals surface area (Å²) in [4.78, 5) is 0. The Bertz CT molecular complexity index is 464. The van der Waals surface area contributed by atoms with Gasteiger partial charge in [-0.1, -0.05) is 68.3 Å². The van der Waals surface area contributed by atoms with Crippen LogP contribution in [0.2, 0.25) is 0 Å². The number of hydrogen-bond acceptors (Lipinski definition) is 1. The average Bonchev–Trinajstić information content (AvgIpc) is 2.38. The number of hydrogen-bond donors (Lipinski definition) is 0. The van der Waals surface area contributed by atoms with Crippen molar-refractivity contribution in [3.05, 3.63) is 68.6 Å². The van der Waals surface area contributed by atoms with Crippen molar-refractivity contribution in [1.29, 1.82) is 0 Å². The van der Waals surface area contributed by atoms with E-state index in [-0.39, 0.29) is 0 Å². The Morgan fingerprint density at radius 2 is 1.33 bits per heavy atom. The summed E-state index contributed by atoms with van der Waals surface area (Å²) < 4.78 is 7.96. The highest BCUT2D eigenvalue weighted by Crippen LogP contribution is 2.18. The Labute approximate surface area is 124 Å². The van der Waals surface area contributed by atoms with Gasteiger partial charge < -0.3 is 4.74 Å². The van der Waals surface area contributed by atoms with Gasteiger partial charge in [0.15, 0.2) is 0 Å². The van der Waals surface area contributed by atoms with Crippen LogP contribution in [0.15, 0.2) is 57.5 Å². The Kier molecular flexibility index (Phi) is 5.42. The van der Waals surface area contributed by atoms with Gasteiger partial charge in [0, 0.05) is 8.95 Å². The fraction of sp³-hybridized carbons (Fsp3) is 0.200. The predicted molar refractivity (Wildman–Crippen MR) is 81.6 cm³/mol. The molecule has 3 heteroatoms. The molecule has 2 aromatic carbocycles. The Balaban J connectivity index is 1.80. The molecule has 0 unspecified atom stereocenters. The van der Waals surface area contributed by atoms with Crippen LogP contribution in [0.1, 0.15) is 11.1 Å². The van der Waals surface area contributed by atoms with E-state index in [1.54, 1.807) is 0 Å². The van der Waals surface area contributed by atoms with Gasteiger partial charge in [0.2, 0.25) is 0 Å². The fourth-order valence-corrected chi connectivity index (χ4v) is 2.56. The van der Waals surface area contributed by atoms with Gasteiger partial charge in [-0.15, -0.1) is 0 Å². The van der Waals surface area contributed by atoms with Crippen LogP contribution in [-0.2, 0) is 17.8 Å². The molecule has 0 fully saturated rings. The second kappa shape index (κ2) is 7.07. The van der Waals surface area contributed by atoms with Gasteiger partial charge in [-0.3, -0.25) is 0 Å². The molecule has 0 aliphatic rings. The summed E-state index contributed by atoms with van der Waals surface area (Å²) in [5, 5.41) is 0. The van der Waals surface area contributed by atoms with Gasteiger partial charge >= 0.3 is 0 Å². The smallest absolute Gasteiger partial charge is 0.0727 e. The highest BCUT2D eigenvalue weighted by molar-refractivity contribution is 9.10. The van der Waals surface area contributed by atoms with Crippen LogP contribution >= 0.6 is 31.9 Å². The van der Waals surface area contributed by atoms with Crippen LogP contribution in [0.5, 0.6) is 0 Å². The molecule has 0 heterocycles. The van der Waals surface area contributed by atoms with Crippen LogP contribution < -0.4 is 0 Å². The van der Waals surface area contributed by atoms with E-state index in [2.05, 4.69) is 50.1 Å². The normalized spacial score (nSPS) is 10.6. The Morgan fingerprint density at radius 3 is 1.94 bits per heavy atom. The summed E-state index contributed by atoms with van der Waals surface area (Å²) in [6, 6.07) is 16.4. The third-order valence-electron chi connectivity index (χ3n) is 2.69. The van der Waals surface area contributed by atoms with Crippen LogP contribution in [0.4, 0.5) is 0 Å². The molecule has 0 saturated heterocycles. The van der Waals surface area contributed by atoms with Crippen LogP contribution in [0.3, 0.4) is 0 Å². The molecule has 1 nitrogen and oxygen atoms in total. The molecule has 2 aromatic rings. The second-order valence-corrected chi connectivity index (χ2v) is 5.69. The van der Waals surface area contributed by atoms with Crippen molar-refractivity contribution in [3.8, 4) is 0 Å². The largest absolute Gasteiger partial charge is 0.376 e. The monoisotopic (exact) mass is 368 g/mol. The van der Waals surface area contributed by atoms with E-state index >= 15 is 0 Å². The van der Waals surface area contributed by atoms with E-state index in [4.69, 9.17) is 4.74 Å². The summed E-state index contributed by atoms with van der Waals surface area (Å²) in [5.41, 5.74) is 2.47. The Morgan fingerprint density at radius 1 is 0.778 bits per heavy atom. The predicted octanol–water partition coefficient (Wildman–Crippen LogP) is 4.97. The first-order chi connectivity index (χ1) is 8.77. The van der Waals surface area contributed by atoms with E-state index < -0.39 is 0 Å². The quantitative estimate of drug-likeness (QED) is 0.676. The lowest BCUT2D eigenvalue weighted by atomic mass is 10.2. The minimum absolute atomic E-state index is 0.645. The van der Waals surface area contributed by atoms with E-state index in [9.17, 15) is 0 Å².